The fourth-order valence-electron chi connectivity index (χ4n) is 1.97. The zero-order chi connectivity index (χ0) is 15.9. The van der Waals surface area contributed by atoms with Gasteiger partial charge in [-0.25, -0.2) is 0 Å². The minimum atomic E-state index is -0.490. The summed E-state index contributed by atoms with van der Waals surface area (Å²) in [7, 11) is 0. The van der Waals surface area contributed by atoms with Gasteiger partial charge in [-0.2, -0.15) is 0 Å². The minimum absolute atomic E-state index is 0.0780. The topological polar surface area (TPSA) is 81.6 Å². The molecule has 2 aromatic carbocycles. The van der Waals surface area contributed by atoms with Crippen LogP contribution in [-0.2, 0) is 0 Å². The maximum Gasteiger partial charge on any atom is 0.273 e. The van der Waals surface area contributed by atoms with Crippen molar-refractivity contribution in [3.05, 3.63) is 65.7 Å². The molecule has 0 saturated heterocycles. The van der Waals surface area contributed by atoms with E-state index in [1.54, 1.807) is 0 Å². The van der Waals surface area contributed by atoms with Gasteiger partial charge in [0, 0.05) is 6.07 Å². The lowest BCUT2D eigenvalue weighted by atomic mass is 10.1. The average molecular weight is 298 g/mol. The van der Waals surface area contributed by atoms with Gasteiger partial charge in [0.2, 0.25) is 0 Å². The quantitative estimate of drug-likeness (QED) is 0.640. The number of hydrazine groups is 1. The Morgan fingerprint density at radius 3 is 2.45 bits per heavy atom. The standard InChI is InChI=1S/C17H18N2O3/c1-2-6-15(12-7-4-3-5-8-12)18-19-17(22)14-10-9-13(20)11-16(14)21/h3-11,18,20-21H,2H2,1H3,(H,19,22)/b15-6-. The number of carbonyl (C=O) groups is 1. The van der Waals surface area contributed by atoms with Crippen molar-refractivity contribution in [2.45, 2.75) is 13.3 Å². The number of hydrogen-bond acceptors (Lipinski definition) is 4. The Labute approximate surface area is 128 Å². The monoisotopic (exact) mass is 298 g/mol. The van der Waals surface area contributed by atoms with Crippen LogP contribution in [-0.4, -0.2) is 16.1 Å². The van der Waals surface area contributed by atoms with Gasteiger partial charge in [-0.1, -0.05) is 43.3 Å². The SMILES string of the molecule is CC/C=C(\NNC(=O)c1ccc(O)cc1O)c1ccccc1. The van der Waals surface area contributed by atoms with Gasteiger partial charge < -0.3 is 10.2 Å². The van der Waals surface area contributed by atoms with Gasteiger partial charge in [0.25, 0.3) is 5.91 Å². The van der Waals surface area contributed by atoms with E-state index in [2.05, 4.69) is 10.9 Å². The fourth-order valence-corrected chi connectivity index (χ4v) is 1.97. The Morgan fingerprint density at radius 1 is 1.09 bits per heavy atom. The van der Waals surface area contributed by atoms with Gasteiger partial charge in [0.1, 0.15) is 11.5 Å². The maximum absolute atomic E-state index is 12.1. The summed E-state index contributed by atoms with van der Waals surface area (Å²) in [5.74, 6) is -0.867. The molecule has 114 valence electrons. The molecule has 1 amide bonds. The lowest BCUT2D eigenvalue weighted by Crippen LogP contribution is -2.36. The second-order valence-electron chi connectivity index (χ2n) is 4.67. The number of hydrogen-bond donors (Lipinski definition) is 4. The number of carbonyl (C=O) groups excluding carboxylic acids is 1. The smallest absolute Gasteiger partial charge is 0.273 e. The third kappa shape index (κ3) is 3.79. The lowest BCUT2D eigenvalue weighted by molar-refractivity contribution is 0.0939. The summed E-state index contributed by atoms with van der Waals surface area (Å²) in [4.78, 5) is 12.1. The highest BCUT2D eigenvalue weighted by Gasteiger charge is 2.12. The summed E-state index contributed by atoms with van der Waals surface area (Å²) in [5.41, 5.74) is 7.20. The molecule has 0 heterocycles. The van der Waals surface area contributed by atoms with Gasteiger partial charge in [0.05, 0.1) is 11.3 Å². The molecule has 0 aromatic heterocycles. The molecule has 0 bridgehead atoms. The highest BCUT2D eigenvalue weighted by molar-refractivity contribution is 5.97. The number of phenolic OH excluding ortho intramolecular Hbond substituents is 2. The van der Waals surface area contributed by atoms with Crippen molar-refractivity contribution in [1.29, 1.82) is 0 Å². The number of amides is 1. The van der Waals surface area contributed by atoms with Crippen LogP contribution in [0.15, 0.2) is 54.6 Å². The highest BCUT2D eigenvalue weighted by Crippen LogP contribution is 2.22. The van der Waals surface area contributed by atoms with Crippen LogP contribution in [0.25, 0.3) is 5.70 Å². The Hall–Kier alpha value is -2.95. The summed E-state index contributed by atoms with van der Waals surface area (Å²) >= 11 is 0. The molecule has 0 aliphatic rings. The summed E-state index contributed by atoms with van der Waals surface area (Å²) in [6.45, 7) is 2.00. The summed E-state index contributed by atoms with van der Waals surface area (Å²) in [5, 5.41) is 18.9. The van der Waals surface area contributed by atoms with E-state index in [0.717, 1.165) is 23.7 Å². The van der Waals surface area contributed by atoms with Gasteiger partial charge in [-0.05, 0) is 24.1 Å². The lowest BCUT2D eigenvalue weighted by Gasteiger charge is -2.13. The van der Waals surface area contributed by atoms with Crippen molar-refractivity contribution < 1.29 is 15.0 Å². The van der Waals surface area contributed by atoms with Crippen LogP contribution in [0.3, 0.4) is 0 Å². The first kappa shape index (κ1) is 15.4. The molecule has 2 aromatic rings. The predicted octanol–water partition coefficient (Wildman–Crippen LogP) is 2.78. The molecule has 0 aliphatic carbocycles. The maximum atomic E-state index is 12.1. The molecule has 0 unspecified atom stereocenters. The first-order valence-electron chi connectivity index (χ1n) is 6.95. The van der Waals surface area contributed by atoms with Crippen molar-refractivity contribution in [1.82, 2.24) is 10.9 Å². The molecule has 4 N–H and O–H groups in total. The van der Waals surface area contributed by atoms with Crippen molar-refractivity contribution in [3.63, 3.8) is 0 Å². The molecule has 0 atom stereocenters. The molecule has 5 heteroatoms. The van der Waals surface area contributed by atoms with Crippen LogP contribution in [0, 0.1) is 0 Å². The molecular formula is C17H18N2O3. The van der Waals surface area contributed by atoms with E-state index in [1.807, 2.05) is 43.3 Å². The van der Waals surface area contributed by atoms with Gasteiger partial charge >= 0.3 is 0 Å². The normalized spacial score (nSPS) is 11.0. The van der Waals surface area contributed by atoms with Crippen molar-refractivity contribution in [3.8, 4) is 11.5 Å². The number of nitrogens with one attached hydrogen (secondary N) is 2. The van der Waals surface area contributed by atoms with Crippen molar-refractivity contribution in [2.24, 2.45) is 0 Å². The van der Waals surface area contributed by atoms with Gasteiger partial charge in [-0.15, -0.1) is 0 Å². The molecule has 0 saturated carbocycles. The highest BCUT2D eigenvalue weighted by atomic mass is 16.3. The molecule has 0 spiro atoms. The van der Waals surface area contributed by atoms with E-state index in [0.29, 0.717) is 0 Å². The van der Waals surface area contributed by atoms with E-state index >= 15 is 0 Å². The number of aromatic hydroxyl groups is 2. The molecule has 0 fully saturated rings. The Morgan fingerprint density at radius 2 is 1.82 bits per heavy atom. The van der Waals surface area contributed by atoms with Crippen LogP contribution in [0.1, 0.15) is 29.3 Å². The number of allylic oxidation sites excluding steroid dienone is 1. The second-order valence-corrected chi connectivity index (χ2v) is 4.67. The van der Waals surface area contributed by atoms with Crippen LogP contribution in [0.2, 0.25) is 0 Å². The van der Waals surface area contributed by atoms with E-state index in [4.69, 9.17) is 0 Å². The third-order valence-corrected chi connectivity index (χ3v) is 3.03. The fraction of sp³-hybridized carbons (Fsp3) is 0.118. The molecule has 2 rings (SSSR count). The first-order chi connectivity index (χ1) is 10.6. The van der Waals surface area contributed by atoms with E-state index in [9.17, 15) is 15.0 Å². The summed E-state index contributed by atoms with van der Waals surface area (Å²) in [6, 6.07) is 13.4. The largest absolute Gasteiger partial charge is 0.508 e. The molecule has 22 heavy (non-hydrogen) atoms. The Bertz CT molecular complexity index is 682. The van der Waals surface area contributed by atoms with Crippen molar-refractivity contribution >= 4 is 11.6 Å². The average Bonchev–Trinajstić information content (AvgIpc) is 2.52. The summed E-state index contributed by atoms with van der Waals surface area (Å²) < 4.78 is 0. The van der Waals surface area contributed by atoms with Crippen LogP contribution >= 0.6 is 0 Å². The molecular weight excluding hydrogens is 280 g/mol. The number of phenols is 2. The van der Waals surface area contributed by atoms with E-state index < -0.39 is 5.91 Å². The predicted molar refractivity (Wildman–Crippen MR) is 85.1 cm³/mol. The van der Waals surface area contributed by atoms with Gasteiger partial charge in [-0.3, -0.25) is 15.6 Å². The third-order valence-electron chi connectivity index (χ3n) is 3.03. The van der Waals surface area contributed by atoms with Crippen molar-refractivity contribution in [2.75, 3.05) is 0 Å². The Kier molecular flexibility index (Phi) is 5.03. The number of rotatable bonds is 5. The van der Waals surface area contributed by atoms with Gasteiger partial charge in [0.15, 0.2) is 0 Å². The summed E-state index contributed by atoms with van der Waals surface area (Å²) in [6.07, 6.45) is 2.75. The molecule has 0 aliphatic heterocycles. The van der Waals surface area contributed by atoms with Crippen LogP contribution in [0.5, 0.6) is 11.5 Å². The molecule has 5 nitrogen and oxygen atoms in total. The zero-order valence-electron chi connectivity index (χ0n) is 12.2. The Balaban J connectivity index is 2.10. The first-order valence-corrected chi connectivity index (χ1v) is 6.95. The number of benzene rings is 2. The van der Waals surface area contributed by atoms with E-state index in [-0.39, 0.29) is 17.1 Å². The minimum Gasteiger partial charge on any atom is -0.508 e. The zero-order valence-corrected chi connectivity index (χ0v) is 12.2. The second kappa shape index (κ2) is 7.17. The molecule has 0 radical (unpaired) electrons. The van der Waals surface area contributed by atoms with E-state index in [1.165, 1.54) is 12.1 Å². The van der Waals surface area contributed by atoms with Crippen LogP contribution in [0.4, 0.5) is 0 Å². The van der Waals surface area contributed by atoms with Crippen LogP contribution < -0.4 is 10.9 Å².